The number of benzene rings is 2. The summed E-state index contributed by atoms with van der Waals surface area (Å²) in [5.74, 6) is 0. The zero-order valence-corrected chi connectivity index (χ0v) is 14.6. The van der Waals surface area contributed by atoms with Gasteiger partial charge >= 0.3 is 6.03 Å². The predicted molar refractivity (Wildman–Crippen MR) is 101 cm³/mol. The van der Waals surface area contributed by atoms with Crippen molar-refractivity contribution in [2.24, 2.45) is 0 Å². The van der Waals surface area contributed by atoms with E-state index >= 15 is 0 Å². The Hall–Kier alpha value is -2.49. The van der Waals surface area contributed by atoms with Gasteiger partial charge in [0, 0.05) is 32.9 Å². The summed E-state index contributed by atoms with van der Waals surface area (Å²) in [5.41, 5.74) is 3.74. The van der Waals surface area contributed by atoms with Gasteiger partial charge in [0.05, 0.1) is 0 Å². The van der Waals surface area contributed by atoms with Crippen molar-refractivity contribution in [3.05, 3.63) is 65.7 Å². The number of amides is 2. The van der Waals surface area contributed by atoms with Crippen LogP contribution in [0.2, 0.25) is 0 Å². The topological polar surface area (TPSA) is 44.4 Å². The van der Waals surface area contributed by atoms with Crippen LogP contribution in [0.15, 0.2) is 54.6 Å². The molecule has 0 spiro atoms. The van der Waals surface area contributed by atoms with Crippen LogP contribution in [0.4, 0.5) is 10.5 Å². The van der Waals surface area contributed by atoms with Crippen LogP contribution in [0.3, 0.4) is 0 Å². The second-order valence-electron chi connectivity index (χ2n) is 6.08. The summed E-state index contributed by atoms with van der Waals surface area (Å²) in [6.45, 7) is 1.34. The van der Waals surface area contributed by atoms with E-state index in [1.165, 1.54) is 16.8 Å². The van der Waals surface area contributed by atoms with Gasteiger partial charge in [-0.25, -0.2) is 4.79 Å². The third-order valence-electron chi connectivity index (χ3n) is 3.92. The molecule has 0 aromatic heterocycles. The molecule has 2 aromatic carbocycles. The molecule has 24 heavy (non-hydrogen) atoms. The second-order valence-corrected chi connectivity index (χ2v) is 6.08. The summed E-state index contributed by atoms with van der Waals surface area (Å²) in [6.07, 6.45) is 2.76. The number of aryl methyl sites for hydroxylation is 1. The lowest BCUT2D eigenvalue weighted by molar-refractivity contribution is 0.241. The Morgan fingerprint density at radius 1 is 0.833 bits per heavy atom. The fraction of sp³-hybridized carbons (Fsp3) is 0.350. The minimum Gasteiger partial charge on any atom is -0.378 e. The second kappa shape index (κ2) is 9.60. The van der Waals surface area contributed by atoms with E-state index in [-0.39, 0.29) is 6.03 Å². The lowest BCUT2D eigenvalue weighted by Gasteiger charge is -2.12. The number of anilines is 1. The van der Waals surface area contributed by atoms with E-state index in [0.29, 0.717) is 13.1 Å². The number of hydrogen-bond acceptors (Lipinski definition) is 2. The van der Waals surface area contributed by atoms with Crippen LogP contribution in [-0.2, 0) is 12.8 Å². The lowest BCUT2D eigenvalue weighted by Crippen LogP contribution is -2.37. The van der Waals surface area contributed by atoms with Crippen LogP contribution < -0.4 is 15.5 Å². The molecule has 0 saturated carbocycles. The first-order valence-electron chi connectivity index (χ1n) is 8.47. The van der Waals surface area contributed by atoms with Crippen molar-refractivity contribution in [2.45, 2.75) is 19.3 Å². The maximum Gasteiger partial charge on any atom is 0.314 e. The van der Waals surface area contributed by atoms with Gasteiger partial charge in [-0.1, -0.05) is 42.5 Å². The molecule has 0 fully saturated rings. The number of nitrogens with one attached hydrogen (secondary N) is 2. The number of rotatable bonds is 8. The summed E-state index contributed by atoms with van der Waals surface area (Å²) in [5, 5.41) is 5.80. The first-order valence-corrected chi connectivity index (χ1v) is 8.47. The minimum atomic E-state index is -0.0890. The average molecular weight is 325 g/mol. The van der Waals surface area contributed by atoms with Gasteiger partial charge in [0.1, 0.15) is 0 Å². The van der Waals surface area contributed by atoms with Crippen molar-refractivity contribution >= 4 is 11.7 Å². The summed E-state index contributed by atoms with van der Waals surface area (Å²) >= 11 is 0. The summed E-state index contributed by atoms with van der Waals surface area (Å²) in [4.78, 5) is 13.8. The quantitative estimate of drug-likeness (QED) is 0.732. The molecule has 0 heterocycles. The predicted octanol–water partition coefficient (Wildman–Crippen LogP) is 3.23. The maximum absolute atomic E-state index is 11.7. The molecule has 0 aliphatic heterocycles. The SMILES string of the molecule is CN(C)c1ccc(CCCNC(=O)NCCc2ccccc2)cc1. The molecular weight excluding hydrogens is 298 g/mol. The average Bonchev–Trinajstić information content (AvgIpc) is 2.60. The van der Waals surface area contributed by atoms with E-state index in [9.17, 15) is 4.79 Å². The Bertz CT molecular complexity index is 609. The van der Waals surface area contributed by atoms with Gasteiger partial charge in [-0.3, -0.25) is 0 Å². The molecule has 0 aliphatic rings. The number of carbonyl (C=O) groups excluding carboxylic acids is 1. The molecule has 2 amide bonds. The van der Waals surface area contributed by atoms with Crippen LogP contribution >= 0.6 is 0 Å². The van der Waals surface area contributed by atoms with Crippen molar-refractivity contribution in [3.63, 3.8) is 0 Å². The molecule has 2 rings (SSSR count). The molecule has 0 saturated heterocycles. The van der Waals surface area contributed by atoms with Crippen molar-refractivity contribution < 1.29 is 4.79 Å². The minimum absolute atomic E-state index is 0.0890. The van der Waals surface area contributed by atoms with Crippen LogP contribution in [0.25, 0.3) is 0 Å². The monoisotopic (exact) mass is 325 g/mol. The lowest BCUT2D eigenvalue weighted by atomic mass is 10.1. The van der Waals surface area contributed by atoms with Crippen molar-refractivity contribution in [1.29, 1.82) is 0 Å². The molecular formula is C20H27N3O. The van der Waals surface area contributed by atoms with Crippen LogP contribution in [0.1, 0.15) is 17.5 Å². The Balaban J connectivity index is 1.57. The van der Waals surface area contributed by atoms with Gasteiger partial charge in [-0.05, 0) is 42.5 Å². The Morgan fingerprint density at radius 3 is 2.12 bits per heavy atom. The number of carbonyl (C=O) groups is 1. The molecule has 0 radical (unpaired) electrons. The Labute approximate surface area is 144 Å². The normalized spacial score (nSPS) is 10.2. The Kier molecular flexibility index (Phi) is 7.15. The van der Waals surface area contributed by atoms with E-state index in [2.05, 4.69) is 51.9 Å². The maximum atomic E-state index is 11.7. The highest BCUT2D eigenvalue weighted by Crippen LogP contribution is 2.13. The summed E-state index contributed by atoms with van der Waals surface area (Å²) in [7, 11) is 4.07. The molecule has 128 valence electrons. The van der Waals surface area contributed by atoms with Crippen molar-refractivity contribution in [1.82, 2.24) is 10.6 Å². The van der Waals surface area contributed by atoms with Crippen LogP contribution in [-0.4, -0.2) is 33.2 Å². The van der Waals surface area contributed by atoms with Crippen molar-refractivity contribution in [2.75, 3.05) is 32.1 Å². The van der Waals surface area contributed by atoms with E-state index in [1.54, 1.807) is 0 Å². The number of nitrogens with zero attached hydrogens (tertiary/aromatic N) is 1. The van der Waals surface area contributed by atoms with Gasteiger partial charge in [-0.2, -0.15) is 0 Å². The van der Waals surface area contributed by atoms with E-state index in [1.807, 2.05) is 32.3 Å². The molecule has 2 N–H and O–H groups in total. The van der Waals surface area contributed by atoms with E-state index in [0.717, 1.165) is 19.3 Å². The summed E-state index contributed by atoms with van der Waals surface area (Å²) < 4.78 is 0. The highest BCUT2D eigenvalue weighted by Gasteiger charge is 2.00. The molecule has 4 nitrogen and oxygen atoms in total. The highest BCUT2D eigenvalue weighted by atomic mass is 16.2. The van der Waals surface area contributed by atoms with Gasteiger partial charge in [0.2, 0.25) is 0 Å². The van der Waals surface area contributed by atoms with Gasteiger partial charge in [0.15, 0.2) is 0 Å². The third-order valence-corrected chi connectivity index (χ3v) is 3.92. The zero-order valence-electron chi connectivity index (χ0n) is 14.6. The fourth-order valence-corrected chi connectivity index (χ4v) is 2.48. The van der Waals surface area contributed by atoms with Crippen LogP contribution in [0.5, 0.6) is 0 Å². The number of hydrogen-bond donors (Lipinski definition) is 2. The van der Waals surface area contributed by atoms with Gasteiger partial charge < -0.3 is 15.5 Å². The number of urea groups is 1. The third kappa shape index (κ3) is 6.32. The van der Waals surface area contributed by atoms with E-state index in [4.69, 9.17) is 0 Å². The molecule has 0 aliphatic carbocycles. The first-order chi connectivity index (χ1) is 11.6. The largest absolute Gasteiger partial charge is 0.378 e. The highest BCUT2D eigenvalue weighted by molar-refractivity contribution is 5.73. The van der Waals surface area contributed by atoms with Gasteiger partial charge in [-0.15, -0.1) is 0 Å². The molecule has 0 bridgehead atoms. The molecule has 0 unspecified atom stereocenters. The molecule has 2 aromatic rings. The summed E-state index contributed by atoms with van der Waals surface area (Å²) in [6, 6.07) is 18.6. The standard InChI is InChI=1S/C20H27N3O/c1-23(2)19-12-10-18(11-13-19)9-6-15-21-20(24)22-16-14-17-7-4-3-5-8-17/h3-5,7-8,10-13H,6,9,14-16H2,1-2H3,(H2,21,22,24). The fourth-order valence-electron chi connectivity index (χ4n) is 2.48. The van der Waals surface area contributed by atoms with Crippen LogP contribution in [0, 0.1) is 0 Å². The zero-order chi connectivity index (χ0) is 17.2. The Morgan fingerprint density at radius 2 is 1.46 bits per heavy atom. The van der Waals surface area contributed by atoms with E-state index < -0.39 is 0 Å². The van der Waals surface area contributed by atoms with Gasteiger partial charge in [0.25, 0.3) is 0 Å². The molecule has 0 atom stereocenters. The van der Waals surface area contributed by atoms with Crippen molar-refractivity contribution in [3.8, 4) is 0 Å². The first kappa shape index (κ1) is 17.9. The molecule has 4 heteroatoms. The smallest absolute Gasteiger partial charge is 0.314 e.